The maximum absolute atomic E-state index is 13.7. The van der Waals surface area contributed by atoms with Gasteiger partial charge in [0.15, 0.2) is 11.6 Å². The summed E-state index contributed by atoms with van der Waals surface area (Å²) in [7, 11) is 1.69. The van der Waals surface area contributed by atoms with E-state index in [1.807, 2.05) is 6.07 Å². The molecule has 6 heteroatoms. The minimum atomic E-state index is -0.529. The summed E-state index contributed by atoms with van der Waals surface area (Å²) in [5.74, 6) is -0.263. The van der Waals surface area contributed by atoms with Gasteiger partial charge in [0.05, 0.1) is 0 Å². The van der Waals surface area contributed by atoms with Crippen LogP contribution in [-0.4, -0.2) is 41.8 Å². The van der Waals surface area contributed by atoms with E-state index < -0.39 is 5.92 Å². The lowest BCUT2D eigenvalue weighted by Gasteiger charge is -2.49. The summed E-state index contributed by atoms with van der Waals surface area (Å²) in [6.07, 6.45) is 3.20. The van der Waals surface area contributed by atoms with Crippen molar-refractivity contribution in [3.8, 4) is 5.75 Å². The molecule has 33 heavy (non-hydrogen) atoms. The van der Waals surface area contributed by atoms with Crippen molar-refractivity contribution in [2.75, 3.05) is 20.3 Å². The normalized spacial score (nSPS) is 22.5. The zero-order chi connectivity index (χ0) is 24.1. The first kappa shape index (κ1) is 24.2. The van der Waals surface area contributed by atoms with E-state index in [1.165, 1.54) is 0 Å². The molecule has 0 fully saturated rings. The van der Waals surface area contributed by atoms with E-state index >= 15 is 0 Å². The van der Waals surface area contributed by atoms with Gasteiger partial charge in [0.25, 0.3) is 0 Å². The molecule has 1 aromatic rings. The summed E-state index contributed by atoms with van der Waals surface area (Å²) in [5, 5.41) is 10.9. The zero-order valence-corrected chi connectivity index (χ0v) is 21.8. The van der Waals surface area contributed by atoms with Crippen LogP contribution in [0.25, 0.3) is 0 Å². The lowest BCUT2D eigenvalue weighted by molar-refractivity contribution is -0.119. The van der Waals surface area contributed by atoms with Gasteiger partial charge in [0.1, 0.15) is 5.75 Å². The van der Waals surface area contributed by atoms with Crippen molar-refractivity contribution >= 4 is 27.5 Å². The Morgan fingerprint density at radius 3 is 2.06 bits per heavy atom. The number of Topliss-reactive ketones (excluding diaryl/α,β-unsaturated/α-hetero) is 2. The van der Waals surface area contributed by atoms with Crippen molar-refractivity contribution in [3.63, 3.8) is 0 Å². The first-order valence-electron chi connectivity index (χ1n) is 11.7. The molecule has 1 aliphatic heterocycles. The van der Waals surface area contributed by atoms with Gasteiger partial charge < -0.3 is 14.7 Å². The Morgan fingerprint density at radius 1 is 1.00 bits per heavy atom. The first-order chi connectivity index (χ1) is 15.4. The van der Waals surface area contributed by atoms with Crippen molar-refractivity contribution < 1.29 is 19.4 Å². The number of phenolic OH excluding ortho intramolecular Hbond substituents is 1. The Bertz CT molecular complexity index is 1010. The van der Waals surface area contributed by atoms with Crippen LogP contribution in [0.2, 0.25) is 0 Å². The second-order valence-corrected chi connectivity index (χ2v) is 12.2. The second-order valence-electron chi connectivity index (χ2n) is 11.2. The fourth-order valence-electron chi connectivity index (χ4n) is 5.75. The number of benzene rings is 1. The fraction of sp³-hybridized carbons (Fsp3) is 0.556. The third-order valence-electron chi connectivity index (χ3n) is 7.05. The van der Waals surface area contributed by atoms with Gasteiger partial charge >= 0.3 is 0 Å². The topological polar surface area (TPSA) is 66.8 Å². The maximum atomic E-state index is 13.7. The third-order valence-corrected chi connectivity index (χ3v) is 7.55. The first-order valence-corrected chi connectivity index (χ1v) is 12.5. The predicted molar refractivity (Wildman–Crippen MR) is 132 cm³/mol. The number of halogens is 1. The molecule has 0 atom stereocenters. The molecule has 0 amide bonds. The van der Waals surface area contributed by atoms with Gasteiger partial charge in [-0.15, -0.1) is 0 Å². The van der Waals surface area contributed by atoms with Gasteiger partial charge in [-0.3, -0.25) is 9.59 Å². The number of nitrogens with zero attached hydrogens (tertiary/aromatic N) is 1. The van der Waals surface area contributed by atoms with Crippen LogP contribution in [0, 0.1) is 10.8 Å². The van der Waals surface area contributed by atoms with E-state index in [-0.39, 0.29) is 28.1 Å². The van der Waals surface area contributed by atoms with Crippen LogP contribution in [0.1, 0.15) is 71.3 Å². The average molecular weight is 516 g/mol. The average Bonchev–Trinajstić information content (AvgIpc) is 2.68. The van der Waals surface area contributed by atoms with E-state index in [2.05, 4.69) is 48.5 Å². The number of allylic oxidation sites excluding steroid dienone is 4. The lowest BCUT2D eigenvalue weighted by atomic mass is 9.63. The van der Waals surface area contributed by atoms with Gasteiger partial charge in [0, 0.05) is 71.6 Å². The van der Waals surface area contributed by atoms with Crippen LogP contribution in [0.4, 0.5) is 0 Å². The van der Waals surface area contributed by atoms with Crippen LogP contribution in [-0.2, 0) is 14.3 Å². The quantitative estimate of drug-likeness (QED) is 0.496. The SMILES string of the molecule is COCCCN1C2=C(C(=O)CC(C)(C)C2)C(c2cc(Br)ccc2O)C2=C1CC(C)(C)CC2=O. The number of hydrogen-bond acceptors (Lipinski definition) is 5. The van der Waals surface area contributed by atoms with E-state index in [0.717, 1.165) is 35.1 Å². The standard InChI is InChI=1S/C27H34BrNO4/c1-26(2)12-18-24(21(31)14-26)23(17-11-16(28)7-8-20(17)30)25-19(29(18)9-6-10-33-5)13-27(3,4)15-22(25)32/h7-8,11,23,30H,6,9-10,12-15H2,1-5H3. The number of hydrogen-bond donors (Lipinski definition) is 1. The van der Waals surface area contributed by atoms with Crippen molar-refractivity contribution in [2.24, 2.45) is 10.8 Å². The number of carbonyl (C=O) groups excluding carboxylic acids is 2. The van der Waals surface area contributed by atoms with Crippen LogP contribution in [0.15, 0.2) is 45.2 Å². The monoisotopic (exact) mass is 515 g/mol. The van der Waals surface area contributed by atoms with Gasteiger partial charge in [-0.05, 0) is 48.3 Å². The zero-order valence-electron chi connectivity index (χ0n) is 20.3. The summed E-state index contributed by atoms with van der Waals surface area (Å²) in [4.78, 5) is 29.6. The molecular weight excluding hydrogens is 482 g/mol. The number of ketones is 2. The summed E-state index contributed by atoms with van der Waals surface area (Å²) in [6.45, 7) is 9.85. The highest BCUT2D eigenvalue weighted by Gasteiger charge is 2.49. The predicted octanol–water partition coefficient (Wildman–Crippen LogP) is 5.88. The maximum Gasteiger partial charge on any atom is 0.162 e. The number of phenols is 1. The molecule has 1 aromatic carbocycles. The molecule has 5 nitrogen and oxygen atoms in total. The molecular formula is C27H34BrNO4. The van der Waals surface area contributed by atoms with E-state index in [9.17, 15) is 14.7 Å². The molecule has 0 saturated carbocycles. The van der Waals surface area contributed by atoms with Crippen LogP contribution >= 0.6 is 15.9 Å². The van der Waals surface area contributed by atoms with Crippen LogP contribution < -0.4 is 0 Å². The number of methoxy groups -OCH3 is 1. The molecule has 178 valence electrons. The Morgan fingerprint density at radius 2 is 1.55 bits per heavy atom. The number of carbonyl (C=O) groups is 2. The highest BCUT2D eigenvalue weighted by Crippen LogP contribution is 2.55. The molecule has 4 rings (SSSR count). The Hall–Kier alpha value is -1.92. The van der Waals surface area contributed by atoms with Gasteiger partial charge in [-0.25, -0.2) is 0 Å². The van der Waals surface area contributed by atoms with Crippen molar-refractivity contribution in [1.29, 1.82) is 0 Å². The molecule has 1 N–H and O–H groups in total. The van der Waals surface area contributed by atoms with Crippen molar-refractivity contribution in [2.45, 2.75) is 65.7 Å². The molecule has 0 saturated heterocycles. The van der Waals surface area contributed by atoms with Crippen molar-refractivity contribution in [3.05, 3.63) is 50.8 Å². The van der Waals surface area contributed by atoms with E-state index in [1.54, 1.807) is 19.2 Å². The van der Waals surface area contributed by atoms with Gasteiger partial charge in [0.2, 0.25) is 0 Å². The summed E-state index contributed by atoms with van der Waals surface area (Å²) < 4.78 is 6.13. The second kappa shape index (κ2) is 8.70. The fourth-order valence-corrected chi connectivity index (χ4v) is 6.13. The van der Waals surface area contributed by atoms with Gasteiger partial charge in [-0.2, -0.15) is 0 Å². The molecule has 1 heterocycles. The van der Waals surface area contributed by atoms with Gasteiger partial charge in [-0.1, -0.05) is 43.6 Å². The summed E-state index contributed by atoms with van der Waals surface area (Å²) >= 11 is 3.52. The highest BCUT2D eigenvalue weighted by molar-refractivity contribution is 9.10. The smallest absolute Gasteiger partial charge is 0.162 e. The molecule has 0 spiro atoms. The number of aromatic hydroxyl groups is 1. The molecule has 2 aliphatic carbocycles. The minimum absolute atomic E-state index is 0.0755. The summed E-state index contributed by atoms with van der Waals surface area (Å²) in [6, 6.07) is 5.27. The molecule has 0 radical (unpaired) electrons. The Kier molecular flexibility index (Phi) is 6.38. The number of ether oxygens (including phenoxy) is 1. The van der Waals surface area contributed by atoms with Crippen molar-refractivity contribution in [1.82, 2.24) is 4.90 Å². The van der Waals surface area contributed by atoms with E-state index in [0.29, 0.717) is 42.7 Å². The summed E-state index contributed by atoms with van der Waals surface area (Å²) in [5.41, 5.74) is 3.71. The Labute approximate surface area is 205 Å². The van der Waals surface area contributed by atoms with Crippen LogP contribution in [0.3, 0.4) is 0 Å². The molecule has 0 bridgehead atoms. The van der Waals surface area contributed by atoms with E-state index in [4.69, 9.17) is 4.74 Å². The number of rotatable bonds is 5. The highest BCUT2D eigenvalue weighted by atomic mass is 79.9. The Balaban J connectivity index is 1.98. The lowest BCUT2D eigenvalue weighted by Crippen LogP contribution is -2.44. The largest absolute Gasteiger partial charge is 0.508 e. The third kappa shape index (κ3) is 4.57. The van der Waals surface area contributed by atoms with Crippen LogP contribution in [0.5, 0.6) is 5.75 Å². The molecule has 3 aliphatic rings. The molecule has 0 unspecified atom stereocenters. The molecule has 0 aromatic heterocycles. The minimum Gasteiger partial charge on any atom is -0.508 e.